The molecule has 0 heterocycles. The average Bonchev–Trinajstić information content (AvgIpc) is 2.47. The van der Waals surface area contributed by atoms with Gasteiger partial charge in [-0.3, -0.25) is 4.79 Å². The quantitative estimate of drug-likeness (QED) is 0.943. The van der Waals surface area contributed by atoms with Crippen molar-refractivity contribution < 1.29 is 4.79 Å². The predicted molar refractivity (Wildman–Crippen MR) is 84.9 cm³/mol. The molecular formula is C16H14ClN3O. The van der Waals surface area contributed by atoms with Gasteiger partial charge < -0.3 is 10.2 Å². The maximum atomic E-state index is 12.3. The molecule has 0 saturated carbocycles. The smallest absolute Gasteiger partial charge is 0.255 e. The number of carbonyl (C=O) groups excluding carboxylic acids is 1. The SMILES string of the molecule is CN(C)c1cccc(C(=O)Nc2cc(Cl)ccc2C#N)c1. The lowest BCUT2D eigenvalue weighted by Crippen LogP contribution is -2.14. The first-order valence-corrected chi connectivity index (χ1v) is 6.67. The molecule has 5 heteroatoms. The number of hydrogen-bond donors (Lipinski definition) is 1. The lowest BCUT2D eigenvalue weighted by atomic mass is 10.1. The third-order valence-electron chi connectivity index (χ3n) is 2.98. The maximum absolute atomic E-state index is 12.3. The molecule has 0 spiro atoms. The van der Waals surface area contributed by atoms with E-state index in [9.17, 15) is 4.79 Å². The Hall–Kier alpha value is -2.51. The van der Waals surface area contributed by atoms with Crippen molar-refractivity contribution in [2.75, 3.05) is 24.3 Å². The number of nitrogens with one attached hydrogen (secondary N) is 1. The fourth-order valence-electron chi connectivity index (χ4n) is 1.84. The molecule has 2 rings (SSSR count). The monoisotopic (exact) mass is 299 g/mol. The number of rotatable bonds is 3. The van der Waals surface area contributed by atoms with Crippen molar-refractivity contribution in [2.45, 2.75) is 0 Å². The van der Waals surface area contributed by atoms with Crippen LogP contribution in [0.25, 0.3) is 0 Å². The zero-order valence-corrected chi connectivity index (χ0v) is 12.5. The highest BCUT2D eigenvalue weighted by Gasteiger charge is 2.10. The molecule has 0 aromatic heterocycles. The van der Waals surface area contributed by atoms with Crippen LogP contribution in [0.4, 0.5) is 11.4 Å². The van der Waals surface area contributed by atoms with Crippen LogP contribution >= 0.6 is 11.6 Å². The molecule has 4 nitrogen and oxygen atoms in total. The molecule has 2 aromatic rings. The minimum absolute atomic E-state index is 0.280. The van der Waals surface area contributed by atoms with Crippen molar-refractivity contribution in [3.05, 3.63) is 58.6 Å². The van der Waals surface area contributed by atoms with E-state index < -0.39 is 0 Å². The zero-order chi connectivity index (χ0) is 15.4. The minimum Gasteiger partial charge on any atom is -0.378 e. The van der Waals surface area contributed by atoms with Crippen LogP contribution in [0, 0.1) is 11.3 Å². The van der Waals surface area contributed by atoms with E-state index in [1.165, 1.54) is 0 Å². The summed E-state index contributed by atoms with van der Waals surface area (Å²) in [5.41, 5.74) is 2.22. The molecule has 0 aliphatic rings. The van der Waals surface area contributed by atoms with E-state index in [4.69, 9.17) is 16.9 Å². The molecule has 0 saturated heterocycles. The predicted octanol–water partition coefficient (Wildman–Crippen LogP) is 3.53. The highest BCUT2D eigenvalue weighted by atomic mass is 35.5. The topological polar surface area (TPSA) is 56.1 Å². The van der Waals surface area contributed by atoms with E-state index in [2.05, 4.69) is 5.32 Å². The first kappa shape index (κ1) is 14.9. The number of nitriles is 1. The molecule has 1 amide bonds. The summed E-state index contributed by atoms with van der Waals surface area (Å²) in [6.07, 6.45) is 0. The van der Waals surface area contributed by atoms with Crippen LogP contribution in [0.3, 0.4) is 0 Å². The van der Waals surface area contributed by atoms with Crippen molar-refractivity contribution in [3.63, 3.8) is 0 Å². The zero-order valence-electron chi connectivity index (χ0n) is 11.7. The highest BCUT2D eigenvalue weighted by Crippen LogP contribution is 2.22. The van der Waals surface area contributed by atoms with Crippen LogP contribution in [-0.2, 0) is 0 Å². The Kier molecular flexibility index (Phi) is 4.46. The Morgan fingerprint density at radius 2 is 2.00 bits per heavy atom. The fraction of sp³-hybridized carbons (Fsp3) is 0.125. The molecule has 0 radical (unpaired) electrons. The Bertz CT molecular complexity index is 720. The van der Waals surface area contributed by atoms with Crippen molar-refractivity contribution in [1.29, 1.82) is 5.26 Å². The van der Waals surface area contributed by atoms with Crippen LogP contribution in [0.15, 0.2) is 42.5 Å². The van der Waals surface area contributed by atoms with Crippen LogP contribution in [-0.4, -0.2) is 20.0 Å². The second kappa shape index (κ2) is 6.29. The summed E-state index contributed by atoms with van der Waals surface area (Å²) in [7, 11) is 3.81. The maximum Gasteiger partial charge on any atom is 0.255 e. The summed E-state index contributed by atoms with van der Waals surface area (Å²) in [6, 6.07) is 14.0. The lowest BCUT2D eigenvalue weighted by molar-refractivity contribution is 0.102. The normalized spacial score (nSPS) is 9.81. The van der Waals surface area contributed by atoms with Gasteiger partial charge in [0.25, 0.3) is 5.91 Å². The van der Waals surface area contributed by atoms with Crippen molar-refractivity contribution in [1.82, 2.24) is 0 Å². The number of nitrogens with zero attached hydrogens (tertiary/aromatic N) is 2. The summed E-state index contributed by atoms with van der Waals surface area (Å²) in [5, 5.41) is 12.2. The molecule has 0 unspecified atom stereocenters. The van der Waals surface area contributed by atoms with Gasteiger partial charge in [-0.15, -0.1) is 0 Å². The third-order valence-corrected chi connectivity index (χ3v) is 3.21. The van der Waals surface area contributed by atoms with Crippen molar-refractivity contribution in [3.8, 4) is 6.07 Å². The van der Waals surface area contributed by atoms with Gasteiger partial charge in [0, 0.05) is 30.4 Å². The molecule has 1 N–H and O–H groups in total. The van der Waals surface area contributed by atoms with Crippen LogP contribution < -0.4 is 10.2 Å². The van der Waals surface area contributed by atoms with Crippen LogP contribution in [0.1, 0.15) is 15.9 Å². The van der Waals surface area contributed by atoms with E-state index in [-0.39, 0.29) is 5.91 Å². The van der Waals surface area contributed by atoms with Gasteiger partial charge >= 0.3 is 0 Å². The Morgan fingerprint density at radius 3 is 2.67 bits per heavy atom. The van der Waals surface area contributed by atoms with E-state index in [1.54, 1.807) is 30.3 Å². The second-order valence-electron chi connectivity index (χ2n) is 4.70. The molecule has 0 aliphatic heterocycles. The molecule has 0 aliphatic carbocycles. The number of benzene rings is 2. The highest BCUT2D eigenvalue weighted by molar-refractivity contribution is 6.31. The van der Waals surface area contributed by atoms with Crippen LogP contribution in [0.5, 0.6) is 0 Å². The van der Waals surface area contributed by atoms with Gasteiger partial charge in [0.05, 0.1) is 11.3 Å². The lowest BCUT2D eigenvalue weighted by Gasteiger charge is -2.13. The molecule has 0 fully saturated rings. The number of amides is 1. The molecule has 0 bridgehead atoms. The van der Waals surface area contributed by atoms with E-state index >= 15 is 0 Å². The average molecular weight is 300 g/mol. The fourth-order valence-corrected chi connectivity index (χ4v) is 2.01. The summed E-state index contributed by atoms with van der Waals surface area (Å²) < 4.78 is 0. The summed E-state index contributed by atoms with van der Waals surface area (Å²) >= 11 is 5.90. The van der Waals surface area contributed by atoms with Gasteiger partial charge in [-0.2, -0.15) is 5.26 Å². The second-order valence-corrected chi connectivity index (χ2v) is 5.14. The molecule has 0 atom stereocenters. The molecule has 106 valence electrons. The Morgan fingerprint density at radius 1 is 1.24 bits per heavy atom. The molecule has 2 aromatic carbocycles. The third kappa shape index (κ3) is 3.53. The van der Waals surface area contributed by atoms with Gasteiger partial charge in [0.1, 0.15) is 6.07 Å². The van der Waals surface area contributed by atoms with Gasteiger partial charge in [0.15, 0.2) is 0 Å². The van der Waals surface area contributed by atoms with Gasteiger partial charge in [-0.05, 0) is 36.4 Å². The standard InChI is InChI=1S/C16H14ClN3O/c1-20(2)14-5-3-4-11(8-14)16(21)19-15-9-13(17)7-6-12(15)10-18/h3-9H,1-2H3,(H,19,21). The van der Waals surface area contributed by atoms with Gasteiger partial charge in [-0.1, -0.05) is 17.7 Å². The minimum atomic E-state index is -0.280. The Balaban J connectivity index is 2.28. The van der Waals surface area contributed by atoms with E-state index in [0.29, 0.717) is 21.8 Å². The summed E-state index contributed by atoms with van der Waals surface area (Å²) in [6.45, 7) is 0. The van der Waals surface area contributed by atoms with E-state index in [1.807, 2.05) is 37.2 Å². The van der Waals surface area contributed by atoms with Crippen LogP contribution in [0.2, 0.25) is 5.02 Å². The summed E-state index contributed by atoms with van der Waals surface area (Å²) in [5.74, 6) is -0.280. The Labute approximate surface area is 128 Å². The summed E-state index contributed by atoms with van der Waals surface area (Å²) in [4.78, 5) is 14.2. The van der Waals surface area contributed by atoms with Crippen molar-refractivity contribution >= 4 is 28.9 Å². The molecule has 21 heavy (non-hydrogen) atoms. The first-order chi connectivity index (χ1) is 10.0. The number of anilines is 2. The van der Waals surface area contributed by atoms with Gasteiger partial charge in [0.2, 0.25) is 0 Å². The van der Waals surface area contributed by atoms with E-state index in [0.717, 1.165) is 5.69 Å². The first-order valence-electron chi connectivity index (χ1n) is 6.29. The number of hydrogen-bond acceptors (Lipinski definition) is 3. The van der Waals surface area contributed by atoms with Crippen molar-refractivity contribution in [2.24, 2.45) is 0 Å². The van der Waals surface area contributed by atoms with Gasteiger partial charge in [-0.25, -0.2) is 0 Å². The molecular weight excluding hydrogens is 286 g/mol. The largest absolute Gasteiger partial charge is 0.378 e. The number of carbonyl (C=O) groups is 1. The number of halogens is 1.